The Morgan fingerprint density at radius 2 is 2.00 bits per heavy atom. The van der Waals surface area contributed by atoms with Gasteiger partial charge in [0.2, 0.25) is 5.91 Å². The van der Waals surface area contributed by atoms with Crippen LogP contribution < -0.4 is 5.32 Å². The van der Waals surface area contributed by atoms with Crippen LogP contribution in [-0.2, 0) is 0 Å². The Hall–Kier alpha value is -0.160. The maximum atomic E-state index is 8.63. The second-order valence-electron chi connectivity index (χ2n) is 2.25. The van der Waals surface area contributed by atoms with E-state index in [0.717, 1.165) is 0 Å². The van der Waals surface area contributed by atoms with Crippen molar-refractivity contribution in [3.05, 3.63) is 0 Å². The van der Waals surface area contributed by atoms with Gasteiger partial charge in [0.15, 0.2) is 0 Å². The zero-order chi connectivity index (χ0) is 7.49. The molecule has 0 amide bonds. The monoisotopic (exact) mass is 135 g/mol. The van der Waals surface area contributed by atoms with Gasteiger partial charge < -0.3 is 15.3 Å². The van der Waals surface area contributed by atoms with Gasteiger partial charge in [-0.2, -0.15) is 0 Å². The van der Waals surface area contributed by atoms with Gasteiger partial charge in [-0.3, -0.25) is 5.32 Å². The summed E-state index contributed by atoms with van der Waals surface area (Å²) in [4.78, 5) is 0. The Bertz CT molecular complexity index is 76.8. The lowest BCUT2D eigenvalue weighted by atomic mass is 10.4. The van der Waals surface area contributed by atoms with Crippen molar-refractivity contribution >= 4 is 0 Å². The van der Waals surface area contributed by atoms with Gasteiger partial charge in [-0.05, 0) is 6.92 Å². The number of aliphatic hydroxyl groups excluding tert-OH is 1. The fraction of sp³-hybridized carbons (Fsp3) is 1.00. The molecule has 0 rings (SSSR count). The normalized spacial score (nSPS) is 15.7. The largest absolute Gasteiger partial charge is 0.392 e. The Balaban J connectivity index is 3.28. The van der Waals surface area contributed by atoms with E-state index in [-0.39, 0.29) is 6.54 Å². The van der Waals surface area contributed by atoms with Crippen LogP contribution in [0.1, 0.15) is 13.8 Å². The molecule has 0 fully saturated rings. The number of aliphatic hydroxyl groups is 3. The summed E-state index contributed by atoms with van der Waals surface area (Å²) in [6.45, 7) is 2.91. The summed E-state index contributed by atoms with van der Waals surface area (Å²) in [7, 11) is 0. The van der Waals surface area contributed by atoms with Crippen LogP contribution in [0, 0.1) is 0 Å². The highest BCUT2D eigenvalue weighted by atomic mass is 16.5. The Morgan fingerprint density at radius 3 is 2.11 bits per heavy atom. The minimum Gasteiger partial charge on any atom is -0.392 e. The van der Waals surface area contributed by atoms with Gasteiger partial charge in [0, 0.05) is 13.5 Å². The molecule has 0 aliphatic carbocycles. The van der Waals surface area contributed by atoms with Crippen molar-refractivity contribution in [2.75, 3.05) is 6.54 Å². The van der Waals surface area contributed by atoms with Crippen molar-refractivity contribution in [2.24, 2.45) is 0 Å². The Morgan fingerprint density at radius 1 is 1.56 bits per heavy atom. The van der Waals surface area contributed by atoms with E-state index in [2.05, 4.69) is 5.32 Å². The fourth-order valence-corrected chi connectivity index (χ4v) is 0.341. The molecule has 0 bridgehead atoms. The number of rotatable bonds is 3. The van der Waals surface area contributed by atoms with Crippen LogP contribution in [0.4, 0.5) is 0 Å². The van der Waals surface area contributed by atoms with Crippen LogP contribution in [0.15, 0.2) is 0 Å². The van der Waals surface area contributed by atoms with Crippen LogP contribution in [-0.4, -0.2) is 33.9 Å². The highest BCUT2D eigenvalue weighted by Gasteiger charge is 2.13. The van der Waals surface area contributed by atoms with Gasteiger partial charge in [-0.1, -0.05) is 0 Å². The third-order valence-electron chi connectivity index (χ3n) is 0.732. The summed E-state index contributed by atoms with van der Waals surface area (Å²) < 4.78 is 0. The molecule has 0 aromatic heterocycles. The molecule has 0 heterocycles. The number of hydrogen-bond donors (Lipinski definition) is 4. The average molecular weight is 135 g/mol. The van der Waals surface area contributed by atoms with E-state index >= 15 is 0 Å². The fourth-order valence-electron chi connectivity index (χ4n) is 0.341. The van der Waals surface area contributed by atoms with E-state index in [1.807, 2.05) is 0 Å². The van der Waals surface area contributed by atoms with Gasteiger partial charge in [-0.25, -0.2) is 0 Å². The maximum Gasteiger partial charge on any atom is 0.219 e. The van der Waals surface area contributed by atoms with E-state index < -0.39 is 12.0 Å². The first-order valence-electron chi connectivity index (χ1n) is 2.79. The van der Waals surface area contributed by atoms with E-state index in [4.69, 9.17) is 15.3 Å². The lowest BCUT2D eigenvalue weighted by Crippen LogP contribution is -2.44. The Labute approximate surface area is 54.1 Å². The zero-order valence-corrected chi connectivity index (χ0v) is 5.63. The third kappa shape index (κ3) is 7.84. The molecule has 0 aromatic rings. The molecule has 56 valence electrons. The summed E-state index contributed by atoms with van der Waals surface area (Å²) >= 11 is 0. The lowest BCUT2D eigenvalue weighted by molar-refractivity contribution is -0.172. The molecule has 0 saturated heterocycles. The second-order valence-corrected chi connectivity index (χ2v) is 2.25. The minimum atomic E-state index is -1.88. The molecule has 0 aliphatic rings. The molecular formula is C5H13NO3. The van der Waals surface area contributed by atoms with E-state index in [1.54, 1.807) is 6.92 Å². The number of nitrogens with one attached hydrogen (secondary N) is 1. The van der Waals surface area contributed by atoms with Gasteiger partial charge >= 0.3 is 0 Å². The van der Waals surface area contributed by atoms with E-state index in [9.17, 15) is 0 Å². The standard InChI is InChI=1S/C5H13NO3/c1-4(7)3-6-5(2,8)9/h4,6-9H,3H2,1-2H3. The molecule has 4 heteroatoms. The van der Waals surface area contributed by atoms with E-state index in [1.165, 1.54) is 6.92 Å². The van der Waals surface area contributed by atoms with Gasteiger partial charge in [-0.15, -0.1) is 0 Å². The first kappa shape index (κ1) is 8.84. The second kappa shape index (κ2) is 3.12. The van der Waals surface area contributed by atoms with Gasteiger partial charge in [0.1, 0.15) is 0 Å². The molecule has 1 unspecified atom stereocenters. The molecule has 0 spiro atoms. The summed E-state index contributed by atoms with van der Waals surface area (Å²) in [6, 6.07) is 0. The third-order valence-corrected chi connectivity index (χ3v) is 0.732. The van der Waals surface area contributed by atoms with Crippen molar-refractivity contribution in [1.82, 2.24) is 5.32 Å². The maximum absolute atomic E-state index is 8.63. The number of hydrogen-bond acceptors (Lipinski definition) is 4. The topological polar surface area (TPSA) is 72.7 Å². The smallest absolute Gasteiger partial charge is 0.219 e. The Kier molecular flexibility index (Phi) is 3.07. The quantitative estimate of drug-likeness (QED) is 0.360. The molecule has 0 aliphatic heterocycles. The van der Waals surface area contributed by atoms with Crippen LogP contribution in [0.5, 0.6) is 0 Å². The SMILES string of the molecule is CC(O)CNC(C)(O)O. The molecular weight excluding hydrogens is 122 g/mol. The highest BCUT2D eigenvalue weighted by molar-refractivity contribution is 4.56. The van der Waals surface area contributed by atoms with Crippen molar-refractivity contribution in [1.29, 1.82) is 0 Å². The minimum absolute atomic E-state index is 0.170. The van der Waals surface area contributed by atoms with Crippen molar-refractivity contribution < 1.29 is 15.3 Å². The van der Waals surface area contributed by atoms with Crippen LogP contribution in [0.25, 0.3) is 0 Å². The first-order chi connectivity index (χ1) is 3.92. The lowest BCUT2D eigenvalue weighted by Gasteiger charge is -2.18. The molecule has 4 N–H and O–H groups in total. The van der Waals surface area contributed by atoms with Gasteiger partial charge in [0.25, 0.3) is 0 Å². The molecule has 4 nitrogen and oxygen atoms in total. The van der Waals surface area contributed by atoms with Gasteiger partial charge in [0.05, 0.1) is 6.10 Å². The molecule has 9 heavy (non-hydrogen) atoms. The summed E-state index contributed by atoms with van der Waals surface area (Å²) in [5.74, 6) is -1.88. The molecule has 0 saturated carbocycles. The molecule has 1 atom stereocenters. The first-order valence-corrected chi connectivity index (χ1v) is 2.79. The van der Waals surface area contributed by atoms with Crippen LogP contribution in [0.3, 0.4) is 0 Å². The molecule has 0 radical (unpaired) electrons. The van der Waals surface area contributed by atoms with Crippen LogP contribution in [0.2, 0.25) is 0 Å². The molecule has 0 aromatic carbocycles. The summed E-state index contributed by atoms with van der Waals surface area (Å²) in [5.41, 5.74) is 0. The summed E-state index contributed by atoms with van der Waals surface area (Å²) in [5, 5.41) is 28.1. The predicted molar refractivity (Wildman–Crippen MR) is 32.5 cm³/mol. The zero-order valence-electron chi connectivity index (χ0n) is 5.63. The summed E-state index contributed by atoms with van der Waals surface area (Å²) in [6.07, 6.45) is -0.566. The highest BCUT2D eigenvalue weighted by Crippen LogP contribution is 1.88. The van der Waals surface area contributed by atoms with Crippen molar-refractivity contribution in [2.45, 2.75) is 25.9 Å². The predicted octanol–water partition coefficient (Wildman–Crippen LogP) is -1.38. The van der Waals surface area contributed by atoms with Crippen LogP contribution >= 0.6 is 0 Å². The van der Waals surface area contributed by atoms with Crippen molar-refractivity contribution in [3.63, 3.8) is 0 Å². The van der Waals surface area contributed by atoms with Crippen molar-refractivity contribution in [3.8, 4) is 0 Å². The van der Waals surface area contributed by atoms with E-state index in [0.29, 0.717) is 0 Å². The average Bonchev–Trinajstić information content (AvgIpc) is 1.59.